The number of likely N-dealkylation sites (tertiary alicyclic amines) is 1. The van der Waals surface area contributed by atoms with Gasteiger partial charge in [-0.15, -0.1) is 0 Å². The molecule has 7 atom stereocenters. The van der Waals surface area contributed by atoms with Crippen molar-refractivity contribution in [1.82, 2.24) is 14.5 Å². The normalized spacial score (nSPS) is 33.6. The van der Waals surface area contributed by atoms with Gasteiger partial charge in [0.1, 0.15) is 16.7 Å². The molecule has 0 aromatic heterocycles. The van der Waals surface area contributed by atoms with Crippen LogP contribution in [0.25, 0.3) is 0 Å². The molecular weight excluding hydrogens is 628 g/mol. The Balaban J connectivity index is 1.23. The van der Waals surface area contributed by atoms with Gasteiger partial charge in [-0.1, -0.05) is 31.0 Å². The number of carbonyl (C=O) groups excluding carboxylic acids is 1. The molecule has 2 aliphatic carbocycles. The van der Waals surface area contributed by atoms with Crippen LogP contribution in [-0.2, 0) is 22.8 Å². The van der Waals surface area contributed by atoms with E-state index in [2.05, 4.69) is 52.6 Å². The van der Waals surface area contributed by atoms with Crippen LogP contribution in [0.1, 0.15) is 80.3 Å². The number of fused-ring (bicyclic) bond motifs is 4. The van der Waals surface area contributed by atoms with Crippen LogP contribution >= 0.6 is 11.6 Å². The van der Waals surface area contributed by atoms with Gasteiger partial charge < -0.3 is 14.5 Å². The predicted molar refractivity (Wildman–Crippen MR) is 192 cm³/mol. The molecule has 0 radical (unpaired) electrons. The number of carbonyl (C=O) groups is 1. The van der Waals surface area contributed by atoms with Crippen molar-refractivity contribution in [2.45, 2.75) is 81.9 Å². The van der Waals surface area contributed by atoms with Crippen molar-refractivity contribution in [3.05, 3.63) is 58.1 Å². The van der Waals surface area contributed by atoms with E-state index in [1.165, 1.54) is 50.0 Å². The molecule has 2 fully saturated rings. The van der Waals surface area contributed by atoms with Gasteiger partial charge in [0.15, 0.2) is 0 Å². The van der Waals surface area contributed by atoms with Gasteiger partial charge in [-0.25, -0.2) is 4.21 Å². The summed E-state index contributed by atoms with van der Waals surface area (Å²) in [5.74, 6) is 2.79. The first-order valence-electron chi connectivity index (χ1n) is 18.0. The molecule has 3 heterocycles. The second-order valence-corrected chi connectivity index (χ2v) is 17.7. The number of hydrogen-bond donors (Lipinski definition) is 1. The number of nitrogens with zero attached hydrogens (tertiary/aromatic N) is 3. The van der Waals surface area contributed by atoms with Crippen molar-refractivity contribution in [3.8, 4) is 5.75 Å². The lowest BCUT2D eigenvalue weighted by Gasteiger charge is -2.50. The number of likely N-dealkylation sites (N-methyl/N-ethyl adjacent to an activating group) is 1. The summed E-state index contributed by atoms with van der Waals surface area (Å²) in [6, 6.07) is 12.9. The fourth-order valence-corrected chi connectivity index (χ4v) is 10.4. The average molecular weight is 681 g/mol. The van der Waals surface area contributed by atoms with Crippen molar-refractivity contribution in [3.63, 3.8) is 0 Å². The number of nitrogens with one attached hydrogen (secondary N) is 1. The fourth-order valence-electron chi connectivity index (χ4n) is 9.16. The van der Waals surface area contributed by atoms with Crippen molar-refractivity contribution >= 4 is 34.2 Å². The summed E-state index contributed by atoms with van der Waals surface area (Å²) in [6.45, 7) is 10.1. The summed E-state index contributed by atoms with van der Waals surface area (Å²) >= 11 is 6.49. The standard InChI is InChI=1S/C38H53ClN4O3S/c1-25-7-5-8-29(19-42-21-32(22-42)41(3)4)33-13-10-30(33)20-43-23-38(16-6-9-27-17-31(39)12-14-34(27)38)24-46-36-15-11-28(18-35(36)43)37(44)40-47(45)26(25)2/h11-12,14-15,17-18,25-26,29-30,32-33H,5-10,13,16,19-24H2,1-4H3,(H,40,44)/t25?,26?,29-,30?,33?,38-,47?/m0/s1. The monoisotopic (exact) mass is 680 g/mol. The lowest BCUT2D eigenvalue weighted by atomic mass is 9.64. The summed E-state index contributed by atoms with van der Waals surface area (Å²) in [4.78, 5) is 21.1. The summed E-state index contributed by atoms with van der Waals surface area (Å²) in [7, 11) is 2.94. The minimum atomic E-state index is -1.46. The third-order valence-corrected chi connectivity index (χ3v) is 14.3. The zero-order chi connectivity index (χ0) is 32.9. The molecule has 1 spiro atoms. The van der Waals surface area contributed by atoms with E-state index < -0.39 is 11.0 Å². The number of anilines is 1. The van der Waals surface area contributed by atoms with Crippen LogP contribution in [-0.4, -0.2) is 84.6 Å². The molecule has 2 aromatic carbocycles. The minimum Gasteiger partial charge on any atom is -0.490 e. The highest BCUT2D eigenvalue weighted by molar-refractivity contribution is 7.84. The van der Waals surface area contributed by atoms with E-state index >= 15 is 0 Å². The first-order chi connectivity index (χ1) is 22.6. The maximum Gasteiger partial charge on any atom is 0.263 e. The molecule has 2 bridgehead atoms. The number of rotatable bonds is 3. The van der Waals surface area contributed by atoms with Gasteiger partial charge in [0.05, 0.1) is 17.5 Å². The van der Waals surface area contributed by atoms with Crippen LogP contribution in [0.15, 0.2) is 36.4 Å². The number of ether oxygens (including phenoxy) is 1. The highest BCUT2D eigenvalue weighted by Gasteiger charge is 2.45. The molecule has 1 saturated carbocycles. The Kier molecular flexibility index (Phi) is 9.69. The predicted octanol–water partition coefficient (Wildman–Crippen LogP) is 6.30. The number of aryl methyl sites for hydroxylation is 1. The summed E-state index contributed by atoms with van der Waals surface area (Å²) < 4.78 is 23.0. The quantitative estimate of drug-likeness (QED) is 0.411. The largest absolute Gasteiger partial charge is 0.490 e. The Bertz CT molecular complexity index is 1500. The van der Waals surface area contributed by atoms with E-state index in [1.54, 1.807) is 0 Å². The Labute approximate surface area is 289 Å². The number of benzene rings is 2. The molecular formula is C38H53ClN4O3S. The SMILES string of the molecule is CC1CCC[C@@H](CN2CC(N(C)C)C2)C2CCC2CN2C[C@@]3(CCCc4cc(Cl)ccc43)COc3ccc(cc32)C(=O)NS(=O)C1C. The topological polar surface area (TPSA) is 65.1 Å². The van der Waals surface area contributed by atoms with E-state index in [0.29, 0.717) is 36.0 Å². The average Bonchev–Trinajstić information content (AvgIpc) is 3.16. The zero-order valence-corrected chi connectivity index (χ0v) is 30.3. The van der Waals surface area contributed by atoms with E-state index in [0.717, 1.165) is 61.7 Å². The molecule has 1 amide bonds. The third kappa shape index (κ3) is 6.73. The number of hydrogen-bond acceptors (Lipinski definition) is 6. The summed E-state index contributed by atoms with van der Waals surface area (Å²) in [6.07, 6.45) is 9.14. The second-order valence-electron chi connectivity index (χ2n) is 15.7. The van der Waals surface area contributed by atoms with E-state index in [9.17, 15) is 9.00 Å². The van der Waals surface area contributed by atoms with Gasteiger partial charge in [0, 0.05) is 54.8 Å². The molecule has 5 aliphatic rings. The number of amides is 1. The molecule has 7 rings (SSSR count). The van der Waals surface area contributed by atoms with Crippen molar-refractivity contribution < 1.29 is 13.7 Å². The molecule has 2 aromatic rings. The molecule has 1 saturated heterocycles. The molecule has 3 aliphatic heterocycles. The fraction of sp³-hybridized carbons (Fsp3) is 0.658. The lowest BCUT2D eigenvalue weighted by molar-refractivity contribution is 0.0121. The lowest BCUT2D eigenvalue weighted by Crippen LogP contribution is -2.59. The molecule has 5 unspecified atom stereocenters. The van der Waals surface area contributed by atoms with Crippen molar-refractivity contribution in [2.24, 2.45) is 23.7 Å². The Hall–Kier alpha value is -2.13. The van der Waals surface area contributed by atoms with Crippen molar-refractivity contribution in [2.75, 3.05) is 58.3 Å². The maximum atomic E-state index is 13.5. The molecule has 256 valence electrons. The van der Waals surface area contributed by atoms with E-state index in [1.807, 2.05) is 31.2 Å². The molecule has 1 N–H and O–H groups in total. The smallest absolute Gasteiger partial charge is 0.263 e. The van der Waals surface area contributed by atoms with Crippen molar-refractivity contribution in [1.29, 1.82) is 0 Å². The Morgan fingerprint density at radius 1 is 1.04 bits per heavy atom. The molecule has 9 heteroatoms. The van der Waals surface area contributed by atoms with Gasteiger partial charge >= 0.3 is 0 Å². The Morgan fingerprint density at radius 2 is 1.87 bits per heavy atom. The Morgan fingerprint density at radius 3 is 2.64 bits per heavy atom. The first kappa shape index (κ1) is 33.4. The van der Waals surface area contributed by atoms with Gasteiger partial charge in [0.2, 0.25) is 0 Å². The van der Waals surface area contributed by atoms with Gasteiger partial charge in [0.25, 0.3) is 5.91 Å². The van der Waals surface area contributed by atoms with Gasteiger partial charge in [-0.2, -0.15) is 0 Å². The van der Waals surface area contributed by atoms with Crippen LogP contribution in [0, 0.1) is 23.7 Å². The highest BCUT2D eigenvalue weighted by Crippen LogP contribution is 2.48. The van der Waals surface area contributed by atoms with E-state index in [4.69, 9.17) is 16.3 Å². The summed E-state index contributed by atoms with van der Waals surface area (Å²) in [5.41, 5.74) is 4.09. The zero-order valence-electron chi connectivity index (χ0n) is 28.7. The van der Waals surface area contributed by atoms with Crippen LogP contribution in [0.5, 0.6) is 5.75 Å². The van der Waals surface area contributed by atoms with Crippen LogP contribution in [0.4, 0.5) is 5.69 Å². The minimum absolute atomic E-state index is 0.113. The highest BCUT2D eigenvalue weighted by atomic mass is 35.5. The first-order valence-corrected chi connectivity index (χ1v) is 19.6. The van der Waals surface area contributed by atoms with E-state index in [-0.39, 0.29) is 22.5 Å². The van der Waals surface area contributed by atoms with Gasteiger partial charge in [-0.3, -0.25) is 14.4 Å². The van der Waals surface area contributed by atoms with Crippen LogP contribution in [0.3, 0.4) is 0 Å². The van der Waals surface area contributed by atoms with Gasteiger partial charge in [-0.05, 0) is 131 Å². The molecule has 7 nitrogen and oxygen atoms in total. The maximum absolute atomic E-state index is 13.5. The van der Waals surface area contributed by atoms with Crippen LogP contribution < -0.4 is 14.4 Å². The second kappa shape index (κ2) is 13.6. The summed E-state index contributed by atoms with van der Waals surface area (Å²) in [5, 5.41) is 0.682. The van der Waals surface area contributed by atoms with Crippen LogP contribution in [0.2, 0.25) is 5.02 Å². The third-order valence-electron chi connectivity index (χ3n) is 12.6. The number of halogens is 1. The molecule has 47 heavy (non-hydrogen) atoms.